The summed E-state index contributed by atoms with van der Waals surface area (Å²) in [5.41, 5.74) is 0.930. The van der Waals surface area contributed by atoms with E-state index in [0.717, 1.165) is 12.1 Å². The van der Waals surface area contributed by atoms with Gasteiger partial charge in [-0.3, -0.25) is 0 Å². The third-order valence-corrected chi connectivity index (χ3v) is 2.65. The summed E-state index contributed by atoms with van der Waals surface area (Å²) < 4.78 is 12.8. The quantitative estimate of drug-likeness (QED) is 0.830. The normalized spacial score (nSPS) is 16.1. The van der Waals surface area contributed by atoms with Gasteiger partial charge in [-0.15, -0.1) is 0 Å². The Labute approximate surface area is 93.9 Å². The van der Waals surface area contributed by atoms with Gasteiger partial charge in [0.1, 0.15) is 5.82 Å². The van der Waals surface area contributed by atoms with Crippen LogP contribution in [0.1, 0.15) is 18.4 Å². The molecule has 1 fully saturated rings. The van der Waals surface area contributed by atoms with E-state index >= 15 is 0 Å². The first-order valence-corrected chi connectivity index (χ1v) is 5.48. The van der Waals surface area contributed by atoms with Crippen LogP contribution in [-0.2, 0) is 0 Å². The lowest BCUT2D eigenvalue weighted by Gasteiger charge is -1.98. The average molecular weight is 226 g/mol. The first-order chi connectivity index (χ1) is 7.25. The zero-order valence-corrected chi connectivity index (χ0v) is 9.10. The van der Waals surface area contributed by atoms with E-state index in [1.165, 1.54) is 18.9 Å². The molecule has 1 saturated carbocycles. The van der Waals surface area contributed by atoms with Gasteiger partial charge in [-0.1, -0.05) is 29.8 Å². The highest BCUT2D eigenvalue weighted by atomic mass is 35.5. The first kappa shape index (κ1) is 10.7. The summed E-state index contributed by atoms with van der Waals surface area (Å²) in [6.07, 6.45) is 6.55. The lowest BCUT2D eigenvalue weighted by molar-refractivity contribution is 0.628. The fourth-order valence-electron chi connectivity index (χ4n) is 1.33. The van der Waals surface area contributed by atoms with E-state index in [4.69, 9.17) is 11.6 Å². The lowest BCUT2D eigenvalue weighted by Crippen LogP contribution is -2.15. The Balaban J connectivity index is 1.88. The number of benzene rings is 1. The topological polar surface area (TPSA) is 12.0 Å². The standard InChI is InChI=1S/C12H13ClFN/c13-11-8-9(3-6-12(11)14)2-1-7-15-10-4-5-10/h1-3,6,8,10,15H,4-5,7H2/b2-1+. The maximum Gasteiger partial charge on any atom is 0.141 e. The van der Waals surface area contributed by atoms with Gasteiger partial charge < -0.3 is 5.32 Å². The molecule has 0 saturated heterocycles. The molecule has 1 aliphatic carbocycles. The van der Waals surface area contributed by atoms with E-state index in [2.05, 4.69) is 5.32 Å². The van der Waals surface area contributed by atoms with Crippen molar-refractivity contribution in [2.45, 2.75) is 18.9 Å². The molecule has 0 aromatic heterocycles. The van der Waals surface area contributed by atoms with Gasteiger partial charge in [0.05, 0.1) is 5.02 Å². The molecule has 15 heavy (non-hydrogen) atoms. The minimum Gasteiger partial charge on any atom is -0.311 e. The molecule has 0 heterocycles. The molecule has 0 amide bonds. The lowest BCUT2D eigenvalue weighted by atomic mass is 10.2. The number of halogens is 2. The van der Waals surface area contributed by atoms with Crippen LogP contribution in [0.5, 0.6) is 0 Å². The Kier molecular flexibility index (Phi) is 3.39. The van der Waals surface area contributed by atoms with Crippen LogP contribution in [0.3, 0.4) is 0 Å². The largest absolute Gasteiger partial charge is 0.311 e. The maximum absolute atomic E-state index is 12.8. The van der Waals surface area contributed by atoms with Crippen LogP contribution in [-0.4, -0.2) is 12.6 Å². The van der Waals surface area contributed by atoms with Crippen molar-refractivity contribution in [2.75, 3.05) is 6.54 Å². The Morgan fingerprint density at radius 3 is 2.93 bits per heavy atom. The fraction of sp³-hybridized carbons (Fsp3) is 0.333. The molecule has 0 radical (unpaired) electrons. The van der Waals surface area contributed by atoms with Crippen LogP contribution in [0.15, 0.2) is 24.3 Å². The number of hydrogen-bond acceptors (Lipinski definition) is 1. The first-order valence-electron chi connectivity index (χ1n) is 5.10. The van der Waals surface area contributed by atoms with E-state index in [-0.39, 0.29) is 10.8 Å². The summed E-state index contributed by atoms with van der Waals surface area (Å²) in [6, 6.07) is 5.45. The molecule has 2 rings (SSSR count). The smallest absolute Gasteiger partial charge is 0.141 e. The average Bonchev–Trinajstić information content (AvgIpc) is 3.02. The van der Waals surface area contributed by atoms with E-state index in [1.807, 2.05) is 12.2 Å². The van der Waals surface area contributed by atoms with Gasteiger partial charge in [0.25, 0.3) is 0 Å². The minimum absolute atomic E-state index is 0.173. The molecule has 0 spiro atoms. The van der Waals surface area contributed by atoms with Crippen molar-refractivity contribution in [3.8, 4) is 0 Å². The molecule has 1 aromatic carbocycles. The van der Waals surface area contributed by atoms with Crippen LogP contribution in [0.4, 0.5) is 4.39 Å². The molecule has 80 valence electrons. The second-order valence-electron chi connectivity index (χ2n) is 3.76. The van der Waals surface area contributed by atoms with Crippen molar-refractivity contribution in [1.82, 2.24) is 5.32 Å². The molecular weight excluding hydrogens is 213 g/mol. The summed E-state index contributed by atoms with van der Waals surface area (Å²) in [6.45, 7) is 0.861. The highest BCUT2D eigenvalue weighted by Gasteiger charge is 2.18. The number of nitrogens with one attached hydrogen (secondary N) is 1. The van der Waals surface area contributed by atoms with Gasteiger partial charge in [0.2, 0.25) is 0 Å². The minimum atomic E-state index is -0.370. The Bertz CT molecular complexity index is 372. The summed E-state index contributed by atoms with van der Waals surface area (Å²) in [5, 5.41) is 3.53. The van der Waals surface area contributed by atoms with Crippen molar-refractivity contribution >= 4 is 17.7 Å². The van der Waals surface area contributed by atoms with Gasteiger partial charge in [0, 0.05) is 12.6 Å². The molecule has 3 heteroatoms. The van der Waals surface area contributed by atoms with Gasteiger partial charge in [0.15, 0.2) is 0 Å². The predicted molar refractivity (Wildman–Crippen MR) is 61.5 cm³/mol. The Hall–Kier alpha value is -0.860. The second kappa shape index (κ2) is 4.77. The van der Waals surface area contributed by atoms with Crippen molar-refractivity contribution in [3.05, 3.63) is 40.7 Å². The van der Waals surface area contributed by atoms with Gasteiger partial charge >= 0.3 is 0 Å². The molecule has 1 aromatic rings. The third kappa shape index (κ3) is 3.33. The fourth-order valence-corrected chi connectivity index (χ4v) is 1.52. The monoisotopic (exact) mass is 225 g/mol. The number of hydrogen-bond donors (Lipinski definition) is 1. The van der Waals surface area contributed by atoms with E-state index < -0.39 is 0 Å². The molecule has 0 unspecified atom stereocenters. The molecule has 1 nitrogen and oxygen atoms in total. The highest BCUT2D eigenvalue weighted by molar-refractivity contribution is 6.30. The summed E-state index contributed by atoms with van der Waals surface area (Å²) in [5.74, 6) is -0.370. The summed E-state index contributed by atoms with van der Waals surface area (Å²) in [4.78, 5) is 0. The van der Waals surface area contributed by atoms with Crippen LogP contribution in [0, 0.1) is 5.82 Å². The SMILES string of the molecule is Fc1ccc(/C=C/CNC2CC2)cc1Cl. The maximum atomic E-state index is 12.8. The Morgan fingerprint density at radius 2 is 2.27 bits per heavy atom. The summed E-state index contributed by atoms with van der Waals surface area (Å²) >= 11 is 5.66. The van der Waals surface area contributed by atoms with Gasteiger partial charge in [-0.25, -0.2) is 4.39 Å². The second-order valence-corrected chi connectivity index (χ2v) is 4.17. The van der Waals surface area contributed by atoms with E-state index in [0.29, 0.717) is 6.04 Å². The molecule has 0 bridgehead atoms. The predicted octanol–water partition coefficient (Wildman–Crippen LogP) is 3.24. The van der Waals surface area contributed by atoms with Crippen LogP contribution < -0.4 is 5.32 Å². The van der Waals surface area contributed by atoms with Gasteiger partial charge in [-0.05, 0) is 30.5 Å². The zero-order valence-electron chi connectivity index (χ0n) is 8.34. The van der Waals surface area contributed by atoms with Crippen LogP contribution >= 0.6 is 11.6 Å². The van der Waals surface area contributed by atoms with Crippen molar-refractivity contribution in [1.29, 1.82) is 0 Å². The Morgan fingerprint density at radius 1 is 1.47 bits per heavy atom. The van der Waals surface area contributed by atoms with Crippen molar-refractivity contribution in [2.24, 2.45) is 0 Å². The van der Waals surface area contributed by atoms with Crippen molar-refractivity contribution < 1.29 is 4.39 Å². The molecule has 0 atom stereocenters. The molecule has 1 N–H and O–H groups in total. The van der Waals surface area contributed by atoms with E-state index in [9.17, 15) is 4.39 Å². The summed E-state index contributed by atoms with van der Waals surface area (Å²) in [7, 11) is 0. The molecular formula is C12H13ClFN. The molecule has 1 aliphatic rings. The third-order valence-electron chi connectivity index (χ3n) is 2.36. The van der Waals surface area contributed by atoms with Crippen LogP contribution in [0.25, 0.3) is 6.08 Å². The van der Waals surface area contributed by atoms with Gasteiger partial charge in [-0.2, -0.15) is 0 Å². The van der Waals surface area contributed by atoms with Crippen LogP contribution in [0.2, 0.25) is 5.02 Å². The highest BCUT2D eigenvalue weighted by Crippen LogP contribution is 2.18. The number of rotatable bonds is 4. The molecule has 0 aliphatic heterocycles. The zero-order chi connectivity index (χ0) is 10.7. The van der Waals surface area contributed by atoms with Crippen molar-refractivity contribution in [3.63, 3.8) is 0 Å². The van der Waals surface area contributed by atoms with E-state index in [1.54, 1.807) is 12.1 Å².